The lowest BCUT2D eigenvalue weighted by atomic mass is 9.82. The highest BCUT2D eigenvalue weighted by Crippen LogP contribution is 2.49. The predicted octanol–water partition coefficient (Wildman–Crippen LogP) is 8.06. The van der Waals surface area contributed by atoms with Gasteiger partial charge in [0.25, 0.3) is 0 Å². The van der Waals surface area contributed by atoms with E-state index in [0.717, 1.165) is 33.1 Å². The van der Waals surface area contributed by atoms with Crippen LogP contribution in [-0.2, 0) is 5.41 Å². The van der Waals surface area contributed by atoms with E-state index in [-0.39, 0.29) is 10.7 Å². The number of para-hydroxylation sites is 1. The Balaban J connectivity index is 1.42. The number of nitrogens with zero attached hydrogens (tertiary/aromatic N) is 3. The molecule has 1 aliphatic rings. The second-order valence-corrected chi connectivity index (χ2v) is 9.80. The fourth-order valence-electron chi connectivity index (χ4n) is 5.42. The molecular formula is C30H20ClN3O. The van der Waals surface area contributed by atoms with Gasteiger partial charge in [0.15, 0.2) is 11.6 Å². The summed E-state index contributed by atoms with van der Waals surface area (Å²) in [6.07, 6.45) is 0. The third kappa shape index (κ3) is 2.96. The Hall–Kier alpha value is -4.02. The number of halogens is 1. The van der Waals surface area contributed by atoms with Gasteiger partial charge in [0.2, 0.25) is 5.28 Å². The molecule has 0 N–H and O–H groups in total. The van der Waals surface area contributed by atoms with Crippen molar-refractivity contribution in [3.05, 3.63) is 101 Å². The molecule has 5 heteroatoms. The van der Waals surface area contributed by atoms with E-state index in [1.807, 2.05) is 42.5 Å². The maximum Gasteiger partial charge on any atom is 0.226 e. The number of furan rings is 1. The second-order valence-electron chi connectivity index (χ2n) is 9.46. The van der Waals surface area contributed by atoms with Crippen molar-refractivity contribution in [2.75, 3.05) is 0 Å². The van der Waals surface area contributed by atoms with Gasteiger partial charge in [0.05, 0.1) is 0 Å². The van der Waals surface area contributed by atoms with Gasteiger partial charge in [-0.15, -0.1) is 0 Å². The van der Waals surface area contributed by atoms with Gasteiger partial charge in [0, 0.05) is 27.3 Å². The van der Waals surface area contributed by atoms with Crippen LogP contribution in [0.3, 0.4) is 0 Å². The van der Waals surface area contributed by atoms with Crippen molar-refractivity contribution in [2.24, 2.45) is 0 Å². The molecule has 168 valence electrons. The van der Waals surface area contributed by atoms with Crippen molar-refractivity contribution >= 4 is 33.5 Å². The summed E-state index contributed by atoms with van der Waals surface area (Å²) in [6, 6.07) is 28.9. The lowest BCUT2D eigenvalue weighted by Gasteiger charge is -2.21. The van der Waals surface area contributed by atoms with Crippen LogP contribution in [0.5, 0.6) is 0 Å². The van der Waals surface area contributed by atoms with Crippen molar-refractivity contribution in [3.8, 4) is 33.9 Å². The maximum absolute atomic E-state index is 6.45. The summed E-state index contributed by atoms with van der Waals surface area (Å²) < 4.78 is 6.06. The number of hydrogen-bond acceptors (Lipinski definition) is 4. The summed E-state index contributed by atoms with van der Waals surface area (Å²) >= 11 is 6.45. The van der Waals surface area contributed by atoms with Gasteiger partial charge < -0.3 is 4.42 Å². The van der Waals surface area contributed by atoms with Gasteiger partial charge in [-0.2, -0.15) is 9.97 Å². The van der Waals surface area contributed by atoms with E-state index in [9.17, 15) is 0 Å². The van der Waals surface area contributed by atoms with Gasteiger partial charge in [-0.25, -0.2) is 4.98 Å². The average molecular weight is 474 g/mol. The molecule has 0 fully saturated rings. The topological polar surface area (TPSA) is 51.8 Å². The van der Waals surface area contributed by atoms with Crippen LogP contribution in [0, 0.1) is 0 Å². The SMILES string of the molecule is CC1(C)c2ccccc2-c2cc(-c3nc(Cl)nc(-c4cccc5oc6ccccc6c45)n3)ccc21. The molecule has 2 heterocycles. The lowest BCUT2D eigenvalue weighted by molar-refractivity contribution is 0.660. The highest BCUT2D eigenvalue weighted by atomic mass is 35.5. The molecule has 35 heavy (non-hydrogen) atoms. The largest absolute Gasteiger partial charge is 0.456 e. The molecule has 0 aliphatic heterocycles. The third-order valence-electron chi connectivity index (χ3n) is 7.09. The number of hydrogen-bond donors (Lipinski definition) is 0. The summed E-state index contributed by atoms with van der Waals surface area (Å²) in [5, 5.41) is 2.16. The van der Waals surface area contributed by atoms with Gasteiger partial charge in [0.1, 0.15) is 11.2 Å². The minimum Gasteiger partial charge on any atom is -0.456 e. The van der Waals surface area contributed by atoms with Crippen LogP contribution < -0.4 is 0 Å². The first kappa shape index (κ1) is 20.4. The monoisotopic (exact) mass is 473 g/mol. The molecular weight excluding hydrogens is 454 g/mol. The first-order chi connectivity index (χ1) is 17.0. The van der Waals surface area contributed by atoms with Crippen LogP contribution >= 0.6 is 11.6 Å². The van der Waals surface area contributed by atoms with Gasteiger partial charge in [-0.1, -0.05) is 80.6 Å². The summed E-state index contributed by atoms with van der Waals surface area (Å²) in [5.74, 6) is 1.08. The number of rotatable bonds is 2. The Morgan fingerprint density at radius 2 is 1.37 bits per heavy atom. The average Bonchev–Trinajstić information content (AvgIpc) is 3.36. The van der Waals surface area contributed by atoms with Crippen molar-refractivity contribution < 1.29 is 4.42 Å². The minimum atomic E-state index is -0.0512. The van der Waals surface area contributed by atoms with Gasteiger partial charge in [-0.3, -0.25) is 0 Å². The molecule has 4 nitrogen and oxygen atoms in total. The molecule has 0 radical (unpaired) electrons. The smallest absolute Gasteiger partial charge is 0.226 e. The Morgan fingerprint density at radius 3 is 2.29 bits per heavy atom. The Kier molecular flexibility index (Phi) is 4.21. The quantitative estimate of drug-likeness (QED) is 0.255. The molecule has 0 amide bonds. The van der Waals surface area contributed by atoms with E-state index in [1.165, 1.54) is 22.3 Å². The maximum atomic E-state index is 6.45. The molecule has 0 bridgehead atoms. The molecule has 0 saturated heterocycles. The zero-order valence-corrected chi connectivity index (χ0v) is 20.0. The number of aromatic nitrogens is 3. The molecule has 4 aromatic carbocycles. The summed E-state index contributed by atoms with van der Waals surface area (Å²) in [7, 11) is 0. The molecule has 0 saturated carbocycles. The fourth-order valence-corrected chi connectivity index (χ4v) is 5.58. The van der Waals surface area contributed by atoms with E-state index < -0.39 is 0 Å². The summed E-state index contributed by atoms with van der Waals surface area (Å²) in [5.41, 5.74) is 8.45. The van der Waals surface area contributed by atoms with Crippen molar-refractivity contribution in [2.45, 2.75) is 19.3 Å². The van der Waals surface area contributed by atoms with Crippen LogP contribution in [-0.4, -0.2) is 15.0 Å². The summed E-state index contributed by atoms with van der Waals surface area (Å²) in [6.45, 7) is 4.54. The molecule has 1 aliphatic carbocycles. The molecule has 0 atom stereocenters. The van der Waals surface area contributed by atoms with Crippen LogP contribution in [0.4, 0.5) is 0 Å². The van der Waals surface area contributed by atoms with Crippen molar-refractivity contribution in [1.82, 2.24) is 15.0 Å². The van der Waals surface area contributed by atoms with E-state index in [1.54, 1.807) is 0 Å². The van der Waals surface area contributed by atoms with Gasteiger partial charge in [-0.05, 0) is 52.1 Å². The van der Waals surface area contributed by atoms with E-state index in [4.69, 9.17) is 21.0 Å². The van der Waals surface area contributed by atoms with Crippen LogP contribution in [0.1, 0.15) is 25.0 Å². The third-order valence-corrected chi connectivity index (χ3v) is 7.26. The molecule has 0 unspecified atom stereocenters. The molecule has 2 aromatic heterocycles. The van der Waals surface area contributed by atoms with Crippen LogP contribution in [0.2, 0.25) is 5.28 Å². The predicted molar refractivity (Wildman–Crippen MR) is 141 cm³/mol. The molecule has 7 rings (SSSR count). The Bertz CT molecular complexity index is 1800. The zero-order valence-electron chi connectivity index (χ0n) is 19.2. The first-order valence-electron chi connectivity index (χ1n) is 11.6. The lowest BCUT2D eigenvalue weighted by Crippen LogP contribution is -2.14. The van der Waals surface area contributed by atoms with E-state index in [2.05, 4.69) is 66.3 Å². The molecule has 0 spiro atoms. The second kappa shape index (κ2) is 7.24. The number of benzene rings is 4. The zero-order chi connectivity index (χ0) is 23.7. The van der Waals surface area contributed by atoms with Crippen molar-refractivity contribution in [1.29, 1.82) is 0 Å². The first-order valence-corrected chi connectivity index (χ1v) is 12.0. The highest BCUT2D eigenvalue weighted by molar-refractivity contribution is 6.28. The minimum absolute atomic E-state index is 0.0512. The van der Waals surface area contributed by atoms with Crippen LogP contribution in [0.25, 0.3) is 55.8 Å². The van der Waals surface area contributed by atoms with Crippen LogP contribution in [0.15, 0.2) is 89.3 Å². The van der Waals surface area contributed by atoms with Crippen molar-refractivity contribution in [3.63, 3.8) is 0 Å². The van der Waals surface area contributed by atoms with E-state index >= 15 is 0 Å². The van der Waals surface area contributed by atoms with E-state index in [0.29, 0.717) is 11.6 Å². The highest BCUT2D eigenvalue weighted by Gasteiger charge is 2.35. The standard InChI is InChI=1S/C30H20ClN3O/c1-30(2)22-11-5-3-8-18(22)21-16-17(14-15-23(21)30)27-32-28(34-29(31)33-27)20-10-7-13-25-26(20)19-9-4-6-12-24(19)35-25/h3-16H,1-2H3. The van der Waals surface area contributed by atoms with Gasteiger partial charge >= 0.3 is 0 Å². The normalized spacial score (nSPS) is 13.8. The Labute approximate surface area is 207 Å². The number of fused-ring (bicyclic) bond motifs is 6. The summed E-state index contributed by atoms with van der Waals surface area (Å²) in [4.78, 5) is 13.9. The molecule has 6 aromatic rings. The Morgan fingerprint density at radius 1 is 0.657 bits per heavy atom. The fraction of sp³-hybridized carbons (Fsp3) is 0.100.